The van der Waals surface area contributed by atoms with Crippen LogP contribution in [0.2, 0.25) is 0 Å². The van der Waals surface area contributed by atoms with E-state index < -0.39 is 0 Å². The van der Waals surface area contributed by atoms with Crippen molar-refractivity contribution in [2.24, 2.45) is 7.05 Å². The minimum absolute atomic E-state index is 0.195. The van der Waals surface area contributed by atoms with E-state index in [1.165, 1.54) is 0 Å². The summed E-state index contributed by atoms with van der Waals surface area (Å²) in [6.45, 7) is 6.06. The molecule has 0 aliphatic carbocycles. The molecule has 0 spiro atoms. The Hall–Kier alpha value is -3.36. The Morgan fingerprint density at radius 2 is 1.96 bits per heavy atom. The van der Waals surface area contributed by atoms with Crippen LogP contribution in [-0.4, -0.2) is 34.9 Å². The van der Waals surface area contributed by atoms with Gasteiger partial charge in [-0.2, -0.15) is 10.1 Å². The third-order valence-corrected chi connectivity index (χ3v) is 4.21. The number of anilines is 1. The molecule has 0 unspecified atom stereocenters. The number of pyridine rings is 1. The van der Waals surface area contributed by atoms with E-state index in [1.807, 2.05) is 26.1 Å². The van der Waals surface area contributed by atoms with Crippen LogP contribution >= 0.6 is 0 Å². The van der Waals surface area contributed by atoms with Gasteiger partial charge in [0.25, 0.3) is 0 Å². The highest BCUT2D eigenvalue weighted by atomic mass is 16.5. The van der Waals surface area contributed by atoms with Gasteiger partial charge in [-0.1, -0.05) is 19.0 Å². The molecule has 0 aliphatic heterocycles. The molecule has 9 heteroatoms. The summed E-state index contributed by atoms with van der Waals surface area (Å²) in [5.74, 6) is 2.62. The maximum Gasteiger partial charge on any atom is 0.249 e. The Morgan fingerprint density at radius 1 is 1.11 bits per heavy atom. The first-order valence-corrected chi connectivity index (χ1v) is 8.73. The second kappa shape index (κ2) is 6.75. The second-order valence-electron chi connectivity index (χ2n) is 6.65. The molecule has 27 heavy (non-hydrogen) atoms. The molecule has 0 saturated heterocycles. The number of aromatic nitrogens is 7. The molecule has 0 saturated carbocycles. The number of fused-ring (bicyclic) bond motifs is 1. The number of nitrogens with zero attached hydrogens (tertiary/aromatic N) is 7. The summed E-state index contributed by atoms with van der Waals surface area (Å²) < 4.78 is 7.17. The van der Waals surface area contributed by atoms with E-state index in [0.29, 0.717) is 17.5 Å². The summed E-state index contributed by atoms with van der Waals surface area (Å²) in [5, 5.41) is 12.5. The van der Waals surface area contributed by atoms with Gasteiger partial charge in [0.1, 0.15) is 17.7 Å². The summed E-state index contributed by atoms with van der Waals surface area (Å²) in [6.07, 6.45) is 5.16. The Kier molecular flexibility index (Phi) is 4.27. The molecule has 0 amide bonds. The van der Waals surface area contributed by atoms with Gasteiger partial charge in [0.05, 0.1) is 11.6 Å². The van der Waals surface area contributed by atoms with Crippen molar-refractivity contribution in [2.45, 2.75) is 32.7 Å². The topological polar surface area (TPSA) is 107 Å². The molecule has 4 heterocycles. The zero-order chi connectivity index (χ0) is 19.0. The van der Waals surface area contributed by atoms with Crippen LogP contribution in [-0.2, 0) is 7.05 Å². The maximum atomic E-state index is 5.43. The van der Waals surface area contributed by atoms with Crippen molar-refractivity contribution in [2.75, 3.05) is 5.32 Å². The van der Waals surface area contributed by atoms with Gasteiger partial charge in [-0.05, 0) is 19.1 Å². The Bertz CT molecular complexity index is 1070. The molecular weight excluding hydrogens is 344 g/mol. The number of rotatable bonds is 5. The summed E-state index contributed by atoms with van der Waals surface area (Å²) in [5.41, 5.74) is 1.59. The molecule has 0 bridgehead atoms. The number of aryl methyl sites for hydroxylation is 1. The van der Waals surface area contributed by atoms with Gasteiger partial charge in [-0.3, -0.25) is 9.67 Å². The van der Waals surface area contributed by atoms with Gasteiger partial charge in [0, 0.05) is 30.9 Å². The molecule has 0 aromatic carbocycles. The van der Waals surface area contributed by atoms with Gasteiger partial charge in [0.2, 0.25) is 11.7 Å². The summed E-state index contributed by atoms with van der Waals surface area (Å²) in [6, 6.07) is 3.49. The van der Waals surface area contributed by atoms with Crippen molar-refractivity contribution in [1.29, 1.82) is 0 Å². The molecule has 4 aromatic rings. The highest BCUT2D eigenvalue weighted by Crippen LogP contribution is 2.26. The zero-order valence-electron chi connectivity index (χ0n) is 15.6. The fourth-order valence-corrected chi connectivity index (χ4v) is 2.70. The highest BCUT2D eigenvalue weighted by Gasteiger charge is 2.19. The minimum Gasteiger partial charge on any atom is -0.358 e. The fraction of sp³-hybridized carbons (Fsp3) is 0.333. The SMILES string of the molecule is CC(C)c1nc(N[C@@H](C)c2nc(-c3cccnc3)no2)c2cnn(C)c2n1. The van der Waals surface area contributed by atoms with Crippen molar-refractivity contribution in [3.05, 3.63) is 42.4 Å². The molecule has 4 aromatic heterocycles. The average molecular weight is 364 g/mol. The first kappa shape index (κ1) is 17.1. The molecule has 1 atom stereocenters. The highest BCUT2D eigenvalue weighted by molar-refractivity contribution is 5.86. The lowest BCUT2D eigenvalue weighted by atomic mass is 10.2. The molecule has 9 nitrogen and oxygen atoms in total. The van der Waals surface area contributed by atoms with Crippen molar-refractivity contribution < 1.29 is 4.52 Å². The molecular formula is C18H20N8O. The van der Waals surface area contributed by atoms with Crippen LogP contribution in [0.5, 0.6) is 0 Å². The Morgan fingerprint density at radius 3 is 2.70 bits per heavy atom. The Labute approximate surface area is 155 Å². The smallest absolute Gasteiger partial charge is 0.249 e. The molecule has 4 rings (SSSR count). The number of hydrogen-bond acceptors (Lipinski definition) is 8. The van der Waals surface area contributed by atoms with E-state index in [0.717, 1.165) is 22.4 Å². The molecule has 1 N–H and O–H groups in total. The predicted molar refractivity (Wildman–Crippen MR) is 100.0 cm³/mol. The number of hydrogen-bond donors (Lipinski definition) is 1. The third kappa shape index (κ3) is 3.23. The number of nitrogens with one attached hydrogen (secondary N) is 1. The van der Waals surface area contributed by atoms with Crippen LogP contribution in [0.3, 0.4) is 0 Å². The van der Waals surface area contributed by atoms with Crippen LogP contribution in [0.15, 0.2) is 35.2 Å². The van der Waals surface area contributed by atoms with Gasteiger partial charge < -0.3 is 9.84 Å². The lowest BCUT2D eigenvalue weighted by molar-refractivity contribution is 0.367. The maximum absolute atomic E-state index is 5.43. The van der Waals surface area contributed by atoms with Crippen LogP contribution in [0.1, 0.15) is 44.4 Å². The molecule has 0 fully saturated rings. The first-order chi connectivity index (χ1) is 13.0. The van der Waals surface area contributed by atoms with Crippen molar-refractivity contribution in [3.63, 3.8) is 0 Å². The van der Waals surface area contributed by atoms with E-state index in [-0.39, 0.29) is 12.0 Å². The first-order valence-electron chi connectivity index (χ1n) is 8.73. The van der Waals surface area contributed by atoms with Gasteiger partial charge >= 0.3 is 0 Å². The van der Waals surface area contributed by atoms with Gasteiger partial charge in [-0.15, -0.1) is 0 Å². The minimum atomic E-state index is -0.235. The Balaban J connectivity index is 1.65. The zero-order valence-corrected chi connectivity index (χ0v) is 15.6. The summed E-state index contributed by atoms with van der Waals surface area (Å²) in [4.78, 5) is 17.8. The fourth-order valence-electron chi connectivity index (χ4n) is 2.70. The normalized spacial score (nSPS) is 12.6. The predicted octanol–water partition coefficient (Wildman–Crippen LogP) is 3.10. The van der Waals surface area contributed by atoms with Crippen molar-refractivity contribution in [1.82, 2.24) is 34.9 Å². The van der Waals surface area contributed by atoms with E-state index in [1.54, 1.807) is 23.3 Å². The van der Waals surface area contributed by atoms with Crippen molar-refractivity contribution >= 4 is 16.9 Å². The summed E-state index contributed by atoms with van der Waals surface area (Å²) in [7, 11) is 1.87. The van der Waals surface area contributed by atoms with Gasteiger partial charge in [0.15, 0.2) is 5.65 Å². The standard InChI is InChI=1S/C18H20N8O/c1-10(2)14-22-16(13-9-20-26(4)17(13)23-14)21-11(3)18-24-15(25-27-18)12-6-5-7-19-8-12/h5-11H,1-4H3,(H,21,22,23)/t11-/m0/s1. The van der Waals surface area contributed by atoms with Crippen LogP contribution in [0.4, 0.5) is 5.82 Å². The molecule has 138 valence electrons. The van der Waals surface area contributed by atoms with Gasteiger partial charge in [-0.25, -0.2) is 9.97 Å². The lowest BCUT2D eigenvalue weighted by Crippen LogP contribution is -2.11. The van der Waals surface area contributed by atoms with Crippen LogP contribution in [0, 0.1) is 0 Å². The largest absolute Gasteiger partial charge is 0.358 e. The van der Waals surface area contributed by atoms with E-state index >= 15 is 0 Å². The second-order valence-corrected chi connectivity index (χ2v) is 6.65. The van der Waals surface area contributed by atoms with Crippen LogP contribution < -0.4 is 5.32 Å². The van der Waals surface area contributed by atoms with E-state index in [9.17, 15) is 0 Å². The monoisotopic (exact) mass is 364 g/mol. The van der Waals surface area contributed by atoms with E-state index in [2.05, 4.69) is 49.4 Å². The average Bonchev–Trinajstić information content (AvgIpc) is 3.30. The summed E-state index contributed by atoms with van der Waals surface area (Å²) >= 11 is 0. The van der Waals surface area contributed by atoms with Crippen LogP contribution in [0.25, 0.3) is 22.4 Å². The third-order valence-electron chi connectivity index (χ3n) is 4.21. The lowest BCUT2D eigenvalue weighted by Gasteiger charge is -2.13. The molecule has 0 radical (unpaired) electrons. The van der Waals surface area contributed by atoms with Crippen molar-refractivity contribution in [3.8, 4) is 11.4 Å². The quantitative estimate of drug-likeness (QED) is 0.575. The van der Waals surface area contributed by atoms with E-state index in [4.69, 9.17) is 4.52 Å². The molecule has 0 aliphatic rings.